The fourth-order valence-corrected chi connectivity index (χ4v) is 3.70. The topological polar surface area (TPSA) is 65.4 Å². The summed E-state index contributed by atoms with van der Waals surface area (Å²) in [6, 6.07) is 24.6. The van der Waals surface area contributed by atoms with Gasteiger partial charge in [0.15, 0.2) is 0 Å². The van der Waals surface area contributed by atoms with Crippen LogP contribution in [-0.2, 0) is 6.54 Å². The maximum Gasteiger partial charge on any atom is 0.251 e. The van der Waals surface area contributed by atoms with Gasteiger partial charge in [-0.3, -0.25) is 4.79 Å². The molecule has 0 radical (unpaired) electrons. The molecule has 1 aromatic heterocycles. The van der Waals surface area contributed by atoms with Crippen molar-refractivity contribution in [2.45, 2.75) is 25.9 Å². The molecule has 0 aliphatic rings. The molecule has 1 amide bonds. The minimum absolute atomic E-state index is 0.113. The van der Waals surface area contributed by atoms with Crippen LogP contribution in [0.1, 0.15) is 35.6 Å². The molecule has 32 heavy (non-hydrogen) atoms. The number of carbonyl (C=O) groups is 1. The fourth-order valence-electron chi connectivity index (χ4n) is 3.70. The van der Waals surface area contributed by atoms with Gasteiger partial charge in [0, 0.05) is 18.2 Å². The Morgan fingerprint density at radius 2 is 1.75 bits per heavy atom. The fraction of sp³-hybridized carbons (Fsp3) is 0.231. The molecule has 1 atom stereocenters. The molecule has 0 aliphatic carbocycles. The van der Waals surface area contributed by atoms with Gasteiger partial charge in [0.1, 0.15) is 17.3 Å². The SMILES string of the molecule is COc1cccc(OCCCn2c(C(C)NC(=O)c3ccccc3)nc3ccccc32)c1. The average Bonchev–Trinajstić information content (AvgIpc) is 3.21. The normalized spacial score (nSPS) is 11.8. The highest BCUT2D eigenvalue weighted by molar-refractivity contribution is 5.94. The van der Waals surface area contributed by atoms with Crippen LogP contribution in [-0.4, -0.2) is 29.2 Å². The lowest BCUT2D eigenvalue weighted by molar-refractivity contribution is 0.0937. The summed E-state index contributed by atoms with van der Waals surface area (Å²) in [5, 5.41) is 3.08. The monoisotopic (exact) mass is 429 g/mol. The highest BCUT2D eigenvalue weighted by Crippen LogP contribution is 2.22. The van der Waals surface area contributed by atoms with E-state index in [0.717, 1.165) is 41.3 Å². The molecule has 3 aromatic carbocycles. The molecule has 0 spiro atoms. The van der Waals surface area contributed by atoms with Crippen LogP contribution < -0.4 is 14.8 Å². The van der Waals surface area contributed by atoms with Gasteiger partial charge >= 0.3 is 0 Å². The third kappa shape index (κ3) is 4.91. The van der Waals surface area contributed by atoms with E-state index in [1.54, 1.807) is 19.2 Å². The quantitative estimate of drug-likeness (QED) is 0.380. The van der Waals surface area contributed by atoms with E-state index in [1.807, 2.05) is 67.6 Å². The largest absolute Gasteiger partial charge is 0.497 e. The van der Waals surface area contributed by atoms with Crippen LogP contribution in [0, 0.1) is 0 Å². The summed E-state index contributed by atoms with van der Waals surface area (Å²) >= 11 is 0. The number of nitrogens with zero attached hydrogens (tertiary/aromatic N) is 2. The number of aryl methyl sites for hydroxylation is 1. The molecule has 6 nitrogen and oxygen atoms in total. The van der Waals surface area contributed by atoms with Gasteiger partial charge in [-0.05, 0) is 49.7 Å². The molecule has 0 saturated heterocycles. The predicted molar refractivity (Wildman–Crippen MR) is 125 cm³/mol. The Kier molecular flexibility index (Phi) is 6.70. The van der Waals surface area contributed by atoms with E-state index in [2.05, 4.69) is 16.0 Å². The zero-order valence-corrected chi connectivity index (χ0v) is 18.3. The first-order valence-corrected chi connectivity index (χ1v) is 10.7. The first-order valence-electron chi connectivity index (χ1n) is 10.7. The van der Waals surface area contributed by atoms with E-state index < -0.39 is 0 Å². The Labute approximate surface area is 187 Å². The van der Waals surface area contributed by atoms with Crippen molar-refractivity contribution in [2.75, 3.05) is 13.7 Å². The number of carbonyl (C=O) groups excluding carboxylic acids is 1. The van der Waals surface area contributed by atoms with E-state index in [0.29, 0.717) is 12.2 Å². The van der Waals surface area contributed by atoms with Crippen molar-refractivity contribution in [2.24, 2.45) is 0 Å². The number of amides is 1. The maximum absolute atomic E-state index is 12.6. The van der Waals surface area contributed by atoms with Crippen molar-refractivity contribution >= 4 is 16.9 Å². The number of para-hydroxylation sites is 2. The van der Waals surface area contributed by atoms with Gasteiger partial charge in [-0.2, -0.15) is 0 Å². The highest BCUT2D eigenvalue weighted by atomic mass is 16.5. The third-order valence-corrected chi connectivity index (χ3v) is 5.29. The minimum Gasteiger partial charge on any atom is -0.497 e. The molecule has 0 bridgehead atoms. The van der Waals surface area contributed by atoms with E-state index in [1.165, 1.54) is 0 Å². The van der Waals surface area contributed by atoms with Gasteiger partial charge in [0.2, 0.25) is 0 Å². The third-order valence-electron chi connectivity index (χ3n) is 5.29. The molecular formula is C26H27N3O3. The number of hydrogen-bond donors (Lipinski definition) is 1. The average molecular weight is 430 g/mol. The van der Waals surface area contributed by atoms with Crippen molar-refractivity contribution in [3.63, 3.8) is 0 Å². The predicted octanol–water partition coefficient (Wildman–Crippen LogP) is 5.01. The molecule has 0 aliphatic heterocycles. The second-order valence-electron chi connectivity index (χ2n) is 7.55. The molecule has 4 aromatic rings. The summed E-state index contributed by atoms with van der Waals surface area (Å²) in [7, 11) is 1.64. The zero-order chi connectivity index (χ0) is 22.3. The van der Waals surface area contributed by atoms with Crippen molar-refractivity contribution in [3.05, 3.63) is 90.3 Å². The van der Waals surface area contributed by atoms with Gasteiger partial charge in [0.25, 0.3) is 5.91 Å². The van der Waals surface area contributed by atoms with Crippen LogP contribution in [0.25, 0.3) is 11.0 Å². The lowest BCUT2D eigenvalue weighted by Crippen LogP contribution is -2.28. The molecule has 1 N–H and O–H groups in total. The number of hydrogen-bond acceptors (Lipinski definition) is 4. The van der Waals surface area contributed by atoms with Gasteiger partial charge in [-0.1, -0.05) is 36.4 Å². The molecule has 1 unspecified atom stereocenters. The lowest BCUT2D eigenvalue weighted by atomic mass is 10.2. The number of rotatable bonds is 9. The second-order valence-corrected chi connectivity index (χ2v) is 7.55. The molecule has 6 heteroatoms. The minimum atomic E-state index is -0.241. The number of fused-ring (bicyclic) bond motifs is 1. The van der Waals surface area contributed by atoms with Crippen LogP contribution in [0.4, 0.5) is 0 Å². The summed E-state index contributed by atoms with van der Waals surface area (Å²) in [4.78, 5) is 17.5. The van der Waals surface area contributed by atoms with E-state index in [-0.39, 0.29) is 11.9 Å². The molecular weight excluding hydrogens is 402 g/mol. The Morgan fingerprint density at radius 3 is 2.56 bits per heavy atom. The van der Waals surface area contributed by atoms with Gasteiger partial charge in [0.05, 0.1) is 30.8 Å². The van der Waals surface area contributed by atoms with E-state index >= 15 is 0 Å². The van der Waals surface area contributed by atoms with Crippen LogP contribution in [0.2, 0.25) is 0 Å². The second kappa shape index (κ2) is 10.0. The summed E-state index contributed by atoms with van der Waals surface area (Å²) < 4.78 is 13.3. The summed E-state index contributed by atoms with van der Waals surface area (Å²) in [6.45, 7) is 3.25. The Hall–Kier alpha value is -3.80. The summed E-state index contributed by atoms with van der Waals surface area (Å²) in [5.74, 6) is 2.27. The highest BCUT2D eigenvalue weighted by Gasteiger charge is 2.19. The van der Waals surface area contributed by atoms with Gasteiger partial charge < -0.3 is 19.4 Å². The van der Waals surface area contributed by atoms with Crippen LogP contribution in [0.15, 0.2) is 78.9 Å². The number of aromatic nitrogens is 2. The number of nitrogens with one attached hydrogen (secondary N) is 1. The number of imidazole rings is 1. The van der Waals surface area contributed by atoms with Crippen LogP contribution >= 0.6 is 0 Å². The number of methoxy groups -OCH3 is 1. The molecule has 0 saturated carbocycles. The standard InChI is InChI=1S/C26H27N3O3/c1-19(27-26(30)20-10-4-3-5-11-20)25-28-23-14-6-7-15-24(23)29(25)16-9-17-32-22-13-8-12-21(18-22)31-2/h3-8,10-15,18-19H,9,16-17H2,1-2H3,(H,27,30). The molecule has 0 fully saturated rings. The van der Waals surface area contributed by atoms with Gasteiger partial charge in [-0.15, -0.1) is 0 Å². The molecule has 1 heterocycles. The smallest absolute Gasteiger partial charge is 0.251 e. The Bertz CT molecular complexity index is 1190. The van der Waals surface area contributed by atoms with Crippen molar-refractivity contribution in [1.29, 1.82) is 0 Å². The Morgan fingerprint density at radius 1 is 1.00 bits per heavy atom. The van der Waals surface area contributed by atoms with Crippen molar-refractivity contribution in [3.8, 4) is 11.5 Å². The van der Waals surface area contributed by atoms with Gasteiger partial charge in [-0.25, -0.2) is 4.98 Å². The number of ether oxygens (including phenoxy) is 2. The van der Waals surface area contributed by atoms with Crippen molar-refractivity contribution < 1.29 is 14.3 Å². The molecule has 4 rings (SSSR count). The van der Waals surface area contributed by atoms with Crippen molar-refractivity contribution in [1.82, 2.24) is 14.9 Å². The van der Waals surface area contributed by atoms with Crippen LogP contribution in [0.5, 0.6) is 11.5 Å². The maximum atomic E-state index is 12.6. The van der Waals surface area contributed by atoms with Crippen LogP contribution in [0.3, 0.4) is 0 Å². The summed E-state index contributed by atoms with van der Waals surface area (Å²) in [6.07, 6.45) is 0.796. The molecule has 164 valence electrons. The first kappa shape index (κ1) is 21.4. The lowest BCUT2D eigenvalue weighted by Gasteiger charge is -2.17. The van der Waals surface area contributed by atoms with E-state index in [9.17, 15) is 4.79 Å². The zero-order valence-electron chi connectivity index (χ0n) is 18.3. The first-order chi connectivity index (χ1) is 15.7. The summed E-state index contributed by atoms with van der Waals surface area (Å²) in [5.41, 5.74) is 2.59. The van der Waals surface area contributed by atoms with E-state index in [4.69, 9.17) is 14.5 Å². The Balaban J connectivity index is 1.46. The number of benzene rings is 3.